The smallest absolute Gasteiger partial charge is 0.306 e. The van der Waals surface area contributed by atoms with Crippen LogP contribution in [0.1, 0.15) is 68.2 Å². The first-order valence-electron chi connectivity index (χ1n) is 12.5. The minimum absolute atomic E-state index is 0.00254. The first kappa shape index (κ1) is 22.8. The highest BCUT2D eigenvalue weighted by atomic mass is 32.2. The van der Waals surface area contributed by atoms with E-state index in [1.54, 1.807) is 10.6 Å². The molecule has 182 valence electrons. The van der Waals surface area contributed by atoms with Crippen LogP contribution in [0, 0.1) is 29.1 Å². The summed E-state index contributed by atoms with van der Waals surface area (Å²) in [6.07, 6.45) is 4.87. The number of para-hydroxylation sites is 2. The number of halogens is 2. The zero-order valence-electron chi connectivity index (χ0n) is 19.5. The molecular weight excluding hydrogens is 466 g/mol. The van der Waals surface area contributed by atoms with Crippen LogP contribution in [0.15, 0.2) is 40.2 Å². The second-order valence-corrected chi connectivity index (χ2v) is 11.8. The van der Waals surface area contributed by atoms with E-state index in [0.29, 0.717) is 41.5 Å². The highest BCUT2D eigenvalue weighted by Crippen LogP contribution is 2.60. The lowest BCUT2D eigenvalue weighted by Gasteiger charge is -2.56. The molecule has 4 bridgehead atoms. The number of nitrogens with zero attached hydrogens (tertiary/aromatic N) is 3. The molecule has 0 amide bonds. The monoisotopic (exact) mass is 494 g/mol. The zero-order chi connectivity index (χ0) is 24.2. The Labute approximate surface area is 206 Å². The van der Waals surface area contributed by atoms with E-state index in [2.05, 4.69) is 4.98 Å². The van der Waals surface area contributed by atoms with Gasteiger partial charge in [-0.3, -0.25) is 4.57 Å². The molecule has 3 aromatic rings. The number of aromatic nitrogens is 3. The third kappa shape index (κ3) is 3.98. The number of hydrogen-bond acceptors (Lipinski definition) is 4. The first-order valence-corrected chi connectivity index (χ1v) is 13.5. The molecule has 1 aromatic carbocycles. The normalized spacial score (nSPS) is 27.1. The van der Waals surface area contributed by atoms with Crippen LogP contribution in [-0.4, -0.2) is 20.3 Å². The molecule has 4 saturated carbocycles. The maximum Gasteiger partial charge on any atom is 0.326 e. The van der Waals surface area contributed by atoms with Gasteiger partial charge < -0.3 is 4.98 Å². The lowest BCUT2D eigenvalue weighted by molar-refractivity contribution is -0.00761. The summed E-state index contributed by atoms with van der Waals surface area (Å²) < 4.78 is 29.9. The number of pyridine rings is 1. The molecule has 4 aliphatic carbocycles. The highest BCUT2D eigenvalue weighted by Gasteiger charge is 2.52. The number of benzene rings is 1. The van der Waals surface area contributed by atoms with Gasteiger partial charge in [-0.25, -0.2) is 18.6 Å². The van der Waals surface area contributed by atoms with Crippen LogP contribution in [0.2, 0.25) is 0 Å². The second kappa shape index (κ2) is 8.77. The predicted octanol–water partition coefficient (Wildman–Crippen LogP) is 6.18. The van der Waals surface area contributed by atoms with E-state index in [1.807, 2.05) is 30.3 Å². The van der Waals surface area contributed by atoms with Gasteiger partial charge in [-0.15, -0.1) is 11.8 Å². The fraction of sp³-hybridized carbons (Fsp3) is 0.519. The first-order chi connectivity index (χ1) is 17.0. The summed E-state index contributed by atoms with van der Waals surface area (Å²) in [5.74, 6) is 2.62. The third-order valence-corrected chi connectivity index (χ3v) is 9.45. The molecule has 0 unspecified atom stereocenters. The fourth-order valence-electron chi connectivity index (χ4n) is 7.35. The Morgan fingerprint density at radius 2 is 1.86 bits per heavy atom. The van der Waals surface area contributed by atoms with Crippen molar-refractivity contribution in [3.63, 3.8) is 0 Å². The molecule has 0 atom stereocenters. The quantitative estimate of drug-likeness (QED) is 0.314. The average molecular weight is 495 g/mol. The van der Waals surface area contributed by atoms with Crippen molar-refractivity contribution in [1.29, 1.82) is 5.26 Å². The zero-order valence-corrected chi connectivity index (χ0v) is 20.3. The van der Waals surface area contributed by atoms with Gasteiger partial charge in [0, 0.05) is 29.0 Å². The fourth-order valence-corrected chi connectivity index (χ4v) is 8.28. The van der Waals surface area contributed by atoms with E-state index in [0.717, 1.165) is 36.0 Å². The number of alkyl halides is 2. The van der Waals surface area contributed by atoms with Gasteiger partial charge in [-0.1, -0.05) is 12.1 Å². The predicted molar refractivity (Wildman–Crippen MR) is 132 cm³/mol. The summed E-state index contributed by atoms with van der Waals surface area (Å²) in [6.45, 7) is 0.508. The molecule has 4 fully saturated rings. The maximum absolute atomic E-state index is 14.1. The van der Waals surface area contributed by atoms with Gasteiger partial charge in [-0.2, -0.15) is 5.26 Å². The third-order valence-electron chi connectivity index (χ3n) is 8.39. The molecule has 2 heterocycles. The van der Waals surface area contributed by atoms with Crippen molar-refractivity contribution in [1.82, 2.24) is 14.5 Å². The van der Waals surface area contributed by atoms with Gasteiger partial charge in [0.25, 0.3) is 6.43 Å². The SMILES string of the molecule is N#Cc1c(C(F)F)cc(C23CC4CC(CC(C4)C2)C3)nc1SCCCn1c(=O)[nH]c2ccccc21. The molecule has 35 heavy (non-hydrogen) atoms. The Balaban J connectivity index is 1.26. The van der Waals surface area contributed by atoms with E-state index < -0.39 is 6.43 Å². The largest absolute Gasteiger partial charge is 0.326 e. The van der Waals surface area contributed by atoms with Crippen molar-refractivity contribution >= 4 is 22.8 Å². The minimum atomic E-state index is -2.70. The molecule has 4 aliphatic rings. The van der Waals surface area contributed by atoms with E-state index in [-0.39, 0.29) is 22.2 Å². The molecule has 7 rings (SSSR count). The van der Waals surface area contributed by atoms with Gasteiger partial charge >= 0.3 is 5.69 Å². The van der Waals surface area contributed by atoms with Crippen LogP contribution in [0.25, 0.3) is 11.0 Å². The van der Waals surface area contributed by atoms with Crippen LogP contribution in [0.5, 0.6) is 0 Å². The number of H-pyrrole nitrogens is 1. The molecule has 0 spiro atoms. The molecule has 8 heteroatoms. The van der Waals surface area contributed by atoms with Gasteiger partial charge in [0.05, 0.1) is 16.6 Å². The number of rotatable bonds is 7. The number of aromatic amines is 1. The Hall–Kier alpha value is -2.66. The molecule has 5 nitrogen and oxygen atoms in total. The Bertz CT molecular complexity index is 1340. The standard InChI is InChI=1S/C27H28F2N4OS/c28-24(29)19-11-23(27-12-16-8-17(13-27)10-18(9-16)14-27)32-25(20(19)15-30)35-7-3-6-33-22-5-2-1-4-21(22)31-26(33)34/h1-2,4-5,11,16-18,24H,3,6-10,12-14H2,(H,31,34). The summed E-state index contributed by atoms with van der Waals surface area (Å²) in [5.41, 5.74) is 1.98. The number of aryl methyl sites for hydroxylation is 1. The van der Waals surface area contributed by atoms with Gasteiger partial charge in [0.1, 0.15) is 11.1 Å². The van der Waals surface area contributed by atoms with Crippen molar-refractivity contribution in [2.24, 2.45) is 17.8 Å². The van der Waals surface area contributed by atoms with E-state index in [9.17, 15) is 18.8 Å². The summed E-state index contributed by atoms with van der Waals surface area (Å²) in [4.78, 5) is 20.1. The van der Waals surface area contributed by atoms with Crippen LogP contribution >= 0.6 is 11.8 Å². The minimum Gasteiger partial charge on any atom is -0.306 e. The van der Waals surface area contributed by atoms with Crippen molar-refractivity contribution in [2.45, 2.75) is 68.4 Å². The number of hydrogen-bond donors (Lipinski definition) is 1. The molecule has 0 saturated heterocycles. The highest BCUT2D eigenvalue weighted by molar-refractivity contribution is 7.99. The summed E-state index contributed by atoms with van der Waals surface area (Å²) in [6, 6.07) is 11.1. The summed E-state index contributed by atoms with van der Waals surface area (Å²) in [5, 5.41) is 10.2. The number of thioether (sulfide) groups is 1. The Morgan fingerprint density at radius 3 is 2.51 bits per heavy atom. The van der Waals surface area contributed by atoms with Crippen molar-refractivity contribution < 1.29 is 8.78 Å². The number of nitriles is 1. The molecule has 2 aromatic heterocycles. The van der Waals surface area contributed by atoms with Gasteiger partial charge in [0.15, 0.2) is 0 Å². The number of nitrogens with one attached hydrogen (secondary N) is 1. The molecule has 1 N–H and O–H groups in total. The van der Waals surface area contributed by atoms with Crippen molar-refractivity contribution in [3.8, 4) is 6.07 Å². The van der Waals surface area contributed by atoms with E-state index in [4.69, 9.17) is 4.98 Å². The summed E-state index contributed by atoms with van der Waals surface area (Å²) in [7, 11) is 0. The van der Waals surface area contributed by atoms with Crippen molar-refractivity contribution in [2.75, 3.05) is 5.75 Å². The lowest BCUT2D eigenvalue weighted by Crippen LogP contribution is -2.49. The maximum atomic E-state index is 14.1. The lowest BCUT2D eigenvalue weighted by atomic mass is 9.48. The summed E-state index contributed by atoms with van der Waals surface area (Å²) >= 11 is 1.36. The van der Waals surface area contributed by atoms with Crippen LogP contribution < -0.4 is 5.69 Å². The molecular formula is C27H28F2N4OS. The van der Waals surface area contributed by atoms with Crippen LogP contribution in [-0.2, 0) is 12.0 Å². The number of imidazole rings is 1. The van der Waals surface area contributed by atoms with Gasteiger partial charge in [0.2, 0.25) is 0 Å². The number of fused-ring (bicyclic) bond motifs is 1. The van der Waals surface area contributed by atoms with Crippen molar-refractivity contribution in [3.05, 3.63) is 57.6 Å². The topological polar surface area (TPSA) is 74.5 Å². The van der Waals surface area contributed by atoms with E-state index in [1.165, 1.54) is 31.0 Å². The molecule has 0 radical (unpaired) electrons. The van der Waals surface area contributed by atoms with Gasteiger partial charge in [-0.05, 0) is 80.9 Å². The molecule has 0 aliphatic heterocycles. The Kier molecular flexibility index (Phi) is 5.71. The second-order valence-electron chi connectivity index (χ2n) is 10.7. The average Bonchev–Trinajstić information content (AvgIpc) is 3.15. The van der Waals surface area contributed by atoms with Crippen LogP contribution in [0.4, 0.5) is 8.78 Å². The Morgan fingerprint density at radius 1 is 1.17 bits per heavy atom. The van der Waals surface area contributed by atoms with Crippen LogP contribution in [0.3, 0.4) is 0 Å². The van der Waals surface area contributed by atoms with E-state index >= 15 is 0 Å².